The fraction of sp³-hybridized carbons (Fsp3) is 0.167. The second-order valence-electron chi connectivity index (χ2n) is 5.70. The normalized spacial score (nSPS) is 11.1. The first-order valence-corrected chi connectivity index (χ1v) is 7.95. The topological polar surface area (TPSA) is 60.0 Å². The third-order valence-electron chi connectivity index (χ3n) is 3.89. The van der Waals surface area contributed by atoms with Gasteiger partial charge in [0.2, 0.25) is 5.95 Å². The summed E-state index contributed by atoms with van der Waals surface area (Å²) in [5.41, 5.74) is 4.96. The van der Waals surface area contributed by atoms with E-state index in [-0.39, 0.29) is 0 Å². The Morgan fingerprint density at radius 2 is 2.00 bits per heavy atom. The van der Waals surface area contributed by atoms with Gasteiger partial charge in [-0.05, 0) is 43.7 Å². The molecule has 0 aliphatic heterocycles. The number of hydrogen-bond acceptors (Lipinski definition) is 4. The van der Waals surface area contributed by atoms with Gasteiger partial charge >= 0.3 is 0 Å². The van der Waals surface area contributed by atoms with Crippen molar-refractivity contribution >= 4 is 17.3 Å². The molecule has 0 aliphatic carbocycles. The van der Waals surface area contributed by atoms with E-state index >= 15 is 0 Å². The Kier molecular flexibility index (Phi) is 3.49. The zero-order valence-corrected chi connectivity index (χ0v) is 13.6. The lowest BCUT2D eigenvalue weighted by molar-refractivity contribution is 0.660. The average molecular weight is 318 g/mol. The molecular formula is C18H18N6. The van der Waals surface area contributed by atoms with Crippen LogP contribution in [0.1, 0.15) is 12.5 Å². The number of rotatable bonds is 4. The van der Waals surface area contributed by atoms with Crippen LogP contribution in [0.3, 0.4) is 0 Å². The number of benzene rings is 1. The summed E-state index contributed by atoms with van der Waals surface area (Å²) < 4.78 is 3.74. The molecule has 0 amide bonds. The second kappa shape index (κ2) is 5.81. The Labute approximate surface area is 139 Å². The molecule has 0 fully saturated rings. The average Bonchev–Trinajstić information content (AvgIpc) is 3.20. The van der Waals surface area contributed by atoms with Gasteiger partial charge in [-0.25, -0.2) is 4.52 Å². The lowest BCUT2D eigenvalue weighted by atomic mass is 10.2. The van der Waals surface area contributed by atoms with Gasteiger partial charge in [0.15, 0.2) is 5.65 Å². The number of hydrogen-bond donors (Lipinski definition) is 1. The van der Waals surface area contributed by atoms with Crippen LogP contribution >= 0.6 is 0 Å². The van der Waals surface area contributed by atoms with Gasteiger partial charge in [-0.3, -0.25) is 4.68 Å². The maximum atomic E-state index is 4.61. The predicted molar refractivity (Wildman–Crippen MR) is 94.3 cm³/mol. The molecule has 0 saturated carbocycles. The standard InChI is InChI=1S/C18H18N6/c1-3-23-12-14(11-19-23)16-8-5-9-17-21-18(22-24(16)17)20-15-7-4-6-13(2)10-15/h4-12H,3H2,1-2H3,(H,20,22). The van der Waals surface area contributed by atoms with Gasteiger partial charge in [-0.15, -0.1) is 5.10 Å². The highest BCUT2D eigenvalue weighted by Crippen LogP contribution is 2.21. The van der Waals surface area contributed by atoms with Crippen LogP contribution in [0.2, 0.25) is 0 Å². The minimum atomic E-state index is 0.580. The predicted octanol–water partition coefficient (Wildman–Crippen LogP) is 3.66. The molecule has 1 aromatic carbocycles. The smallest absolute Gasteiger partial charge is 0.247 e. The zero-order chi connectivity index (χ0) is 16.5. The molecule has 120 valence electrons. The van der Waals surface area contributed by atoms with Crippen LogP contribution in [0.4, 0.5) is 11.6 Å². The number of nitrogens with one attached hydrogen (secondary N) is 1. The number of fused-ring (bicyclic) bond motifs is 1. The lowest BCUT2D eigenvalue weighted by Crippen LogP contribution is -1.96. The van der Waals surface area contributed by atoms with E-state index in [1.54, 1.807) is 0 Å². The largest absolute Gasteiger partial charge is 0.323 e. The summed E-state index contributed by atoms with van der Waals surface area (Å²) in [6, 6.07) is 14.1. The molecule has 0 unspecified atom stereocenters. The molecule has 0 atom stereocenters. The van der Waals surface area contributed by atoms with E-state index < -0.39 is 0 Å². The van der Waals surface area contributed by atoms with Gasteiger partial charge in [-0.1, -0.05) is 18.2 Å². The molecule has 4 rings (SSSR count). The van der Waals surface area contributed by atoms with Gasteiger partial charge in [-0.2, -0.15) is 10.1 Å². The summed E-state index contributed by atoms with van der Waals surface area (Å²) in [5.74, 6) is 0.580. The van der Waals surface area contributed by atoms with Crippen molar-refractivity contribution in [3.63, 3.8) is 0 Å². The highest BCUT2D eigenvalue weighted by Gasteiger charge is 2.10. The molecule has 3 heterocycles. The highest BCUT2D eigenvalue weighted by atomic mass is 15.4. The van der Waals surface area contributed by atoms with Crippen LogP contribution in [0.15, 0.2) is 54.9 Å². The van der Waals surface area contributed by atoms with Crippen molar-refractivity contribution in [1.82, 2.24) is 24.4 Å². The monoisotopic (exact) mass is 318 g/mol. The summed E-state index contributed by atoms with van der Waals surface area (Å²) in [6.07, 6.45) is 3.87. The van der Waals surface area contributed by atoms with E-state index in [9.17, 15) is 0 Å². The molecule has 4 aromatic rings. The number of pyridine rings is 1. The molecule has 0 bridgehead atoms. The first-order valence-electron chi connectivity index (χ1n) is 7.95. The number of anilines is 2. The fourth-order valence-electron chi connectivity index (χ4n) is 2.70. The molecule has 0 spiro atoms. The van der Waals surface area contributed by atoms with Crippen molar-refractivity contribution in [2.24, 2.45) is 0 Å². The minimum absolute atomic E-state index is 0.580. The molecule has 24 heavy (non-hydrogen) atoms. The Balaban J connectivity index is 1.74. The van der Waals surface area contributed by atoms with E-state index in [0.717, 1.165) is 29.1 Å². The van der Waals surface area contributed by atoms with Crippen molar-refractivity contribution in [3.8, 4) is 11.3 Å². The third kappa shape index (κ3) is 2.62. The fourth-order valence-corrected chi connectivity index (χ4v) is 2.70. The van der Waals surface area contributed by atoms with Crippen LogP contribution in [-0.4, -0.2) is 24.4 Å². The molecule has 6 heteroatoms. The quantitative estimate of drug-likeness (QED) is 0.624. The number of nitrogens with zero attached hydrogens (tertiary/aromatic N) is 5. The van der Waals surface area contributed by atoms with E-state index in [4.69, 9.17) is 0 Å². The molecule has 0 aliphatic rings. The first-order chi connectivity index (χ1) is 11.7. The van der Waals surface area contributed by atoms with Crippen molar-refractivity contribution in [2.75, 3.05) is 5.32 Å². The summed E-state index contributed by atoms with van der Waals surface area (Å²) >= 11 is 0. The highest BCUT2D eigenvalue weighted by molar-refractivity contribution is 5.63. The second-order valence-corrected chi connectivity index (χ2v) is 5.70. The molecule has 3 aromatic heterocycles. The van der Waals surface area contributed by atoms with E-state index in [1.165, 1.54) is 5.56 Å². The van der Waals surface area contributed by atoms with Crippen LogP contribution in [0.5, 0.6) is 0 Å². The van der Waals surface area contributed by atoms with E-state index in [0.29, 0.717) is 5.95 Å². The molecule has 0 saturated heterocycles. The first kappa shape index (κ1) is 14.4. The van der Waals surface area contributed by atoms with Crippen molar-refractivity contribution in [2.45, 2.75) is 20.4 Å². The third-order valence-corrected chi connectivity index (χ3v) is 3.89. The van der Waals surface area contributed by atoms with Crippen molar-refractivity contribution in [3.05, 3.63) is 60.4 Å². The van der Waals surface area contributed by atoms with Crippen LogP contribution in [0, 0.1) is 6.92 Å². The van der Waals surface area contributed by atoms with Crippen molar-refractivity contribution < 1.29 is 0 Å². The Hall–Kier alpha value is -3.15. The molecular weight excluding hydrogens is 300 g/mol. The Morgan fingerprint density at radius 1 is 1.12 bits per heavy atom. The van der Waals surface area contributed by atoms with Crippen LogP contribution in [0.25, 0.3) is 16.9 Å². The lowest BCUT2D eigenvalue weighted by Gasteiger charge is -2.02. The van der Waals surface area contributed by atoms with Crippen LogP contribution < -0.4 is 5.32 Å². The van der Waals surface area contributed by atoms with Gasteiger partial charge in [0.05, 0.1) is 11.9 Å². The van der Waals surface area contributed by atoms with Gasteiger partial charge in [0.1, 0.15) is 0 Å². The molecule has 0 radical (unpaired) electrons. The summed E-state index contributed by atoms with van der Waals surface area (Å²) in [5, 5.41) is 12.2. The van der Waals surface area contributed by atoms with Gasteiger partial charge in [0, 0.05) is 24.0 Å². The van der Waals surface area contributed by atoms with E-state index in [1.807, 2.05) is 51.9 Å². The zero-order valence-electron chi connectivity index (χ0n) is 13.6. The number of aromatic nitrogens is 5. The maximum absolute atomic E-state index is 4.61. The van der Waals surface area contributed by atoms with E-state index in [2.05, 4.69) is 46.5 Å². The van der Waals surface area contributed by atoms with Gasteiger partial charge in [0.25, 0.3) is 0 Å². The Bertz CT molecular complexity index is 998. The number of aryl methyl sites for hydroxylation is 2. The van der Waals surface area contributed by atoms with Gasteiger partial charge < -0.3 is 5.32 Å². The molecule has 6 nitrogen and oxygen atoms in total. The van der Waals surface area contributed by atoms with Crippen LogP contribution in [-0.2, 0) is 6.54 Å². The van der Waals surface area contributed by atoms with Crippen molar-refractivity contribution in [1.29, 1.82) is 0 Å². The minimum Gasteiger partial charge on any atom is -0.323 e. The SMILES string of the molecule is CCn1cc(-c2cccc3nc(Nc4cccc(C)c4)nn23)cn1. The summed E-state index contributed by atoms with van der Waals surface area (Å²) in [6.45, 7) is 4.97. The summed E-state index contributed by atoms with van der Waals surface area (Å²) in [4.78, 5) is 4.56. The Morgan fingerprint density at radius 3 is 2.79 bits per heavy atom. The maximum Gasteiger partial charge on any atom is 0.247 e. The summed E-state index contributed by atoms with van der Waals surface area (Å²) in [7, 11) is 0. The molecule has 1 N–H and O–H groups in total.